The van der Waals surface area contributed by atoms with Crippen molar-refractivity contribution in [3.8, 4) is 11.5 Å². The Morgan fingerprint density at radius 2 is 2.15 bits per heavy atom. The number of methoxy groups -OCH3 is 1. The highest BCUT2D eigenvalue weighted by atomic mass is 79.9. The Balaban J connectivity index is 1.90. The number of nitrogens with zero attached hydrogens (tertiary/aromatic N) is 1. The first-order valence-electron chi connectivity index (χ1n) is 8.56. The van der Waals surface area contributed by atoms with E-state index < -0.39 is 17.7 Å². The molecule has 0 spiro atoms. The Bertz CT molecular complexity index is 909. The lowest BCUT2D eigenvalue weighted by Gasteiger charge is -2.42. The van der Waals surface area contributed by atoms with Crippen LogP contribution in [0.1, 0.15) is 24.4 Å². The second-order valence-corrected chi connectivity index (χ2v) is 7.37. The minimum absolute atomic E-state index is 0.0477. The Labute approximate surface area is 163 Å². The van der Waals surface area contributed by atoms with Crippen LogP contribution in [-0.4, -0.2) is 25.8 Å². The van der Waals surface area contributed by atoms with Gasteiger partial charge in [-0.2, -0.15) is 0 Å². The number of fused-ring (bicyclic) bond motifs is 5. The van der Waals surface area contributed by atoms with Crippen LogP contribution in [0.3, 0.4) is 0 Å². The zero-order valence-electron chi connectivity index (χ0n) is 14.5. The fraction of sp³-hybridized carbons (Fsp3) is 0.316. The van der Waals surface area contributed by atoms with Gasteiger partial charge in [0.2, 0.25) is 0 Å². The number of carbonyl (C=O) groups excluding carboxylic acids is 1. The van der Waals surface area contributed by atoms with Gasteiger partial charge in [-0.3, -0.25) is 0 Å². The molecule has 1 N–H and O–H groups in total. The van der Waals surface area contributed by atoms with Gasteiger partial charge in [0.05, 0.1) is 29.4 Å². The predicted molar refractivity (Wildman–Crippen MR) is 99.2 cm³/mol. The van der Waals surface area contributed by atoms with Crippen LogP contribution in [0.4, 0.5) is 19.3 Å². The number of hydrogen-bond donors (Lipinski definition) is 1. The second kappa shape index (κ2) is 6.99. The molecule has 2 atom stereocenters. The molecule has 2 aliphatic heterocycles. The molecular formula is C19H17BrF2N2O3. The fourth-order valence-corrected chi connectivity index (χ4v) is 4.14. The number of rotatable bonds is 1. The van der Waals surface area contributed by atoms with Gasteiger partial charge in [-0.05, 0) is 40.9 Å². The van der Waals surface area contributed by atoms with Crippen LogP contribution in [0.5, 0.6) is 11.5 Å². The summed E-state index contributed by atoms with van der Waals surface area (Å²) in [6.07, 6.45) is 0.944. The highest BCUT2D eigenvalue weighted by Gasteiger charge is 2.40. The van der Waals surface area contributed by atoms with E-state index in [4.69, 9.17) is 9.47 Å². The minimum Gasteiger partial charge on any atom is -0.453 e. The summed E-state index contributed by atoms with van der Waals surface area (Å²) in [7, 11) is 1.30. The van der Waals surface area contributed by atoms with Crippen molar-refractivity contribution in [2.45, 2.75) is 24.9 Å². The number of carbonyl (C=O) groups is 1. The molecule has 1 amide bonds. The van der Waals surface area contributed by atoms with E-state index in [1.807, 2.05) is 4.90 Å². The van der Waals surface area contributed by atoms with E-state index in [1.165, 1.54) is 19.2 Å². The van der Waals surface area contributed by atoms with E-state index in [2.05, 4.69) is 21.2 Å². The zero-order valence-corrected chi connectivity index (χ0v) is 16.1. The zero-order chi connectivity index (χ0) is 19.1. The van der Waals surface area contributed by atoms with Crippen molar-refractivity contribution < 1.29 is 23.0 Å². The number of nitrogens with one attached hydrogen (secondary N) is 1. The smallest absolute Gasteiger partial charge is 0.407 e. The number of benzene rings is 2. The molecule has 2 aromatic rings. The van der Waals surface area contributed by atoms with E-state index in [-0.39, 0.29) is 28.1 Å². The fourth-order valence-electron chi connectivity index (χ4n) is 3.81. The summed E-state index contributed by atoms with van der Waals surface area (Å²) >= 11 is 3.21. The van der Waals surface area contributed by atoms with Gasteiger partial charge in [0.1, 0.15) is 5.82 Å². The molecule has 2 aromatic carbocycles. The maximum atomic E-state index is 14.6. The largest absolute Gasteiger partial charge is 0.453 e. The van der Waals surface area contributed by atoms with Crippen LogP contribution in [0, 0.1) is 11.6 Å². The van der Waals surface area contributed by atoms with Crippen LogP contribution >= 0.6 is 15.9 Å². The molecular weight excluding hydrogens is 422 g/mol. The van der Waals surface area contributed by atoms with E-state index in [0.29, 0.717) is 24.2 Å². The Kier molecular flexibility index (Phi) is 4.67. The lowest BCUT2D eigenvalue weighted by Crippen LogP contribution is -2.50. The summed E-state index contributed by atoms with van der Waals surface area (Å²) in [4.78, 5) is 13.9. The van der Waals surface area contributed by atoms with Crippen LogP contribution in [-0.2, 0) is 4.74 Å². The number of ether oxygens (including phenoxy) is 2. The summed E-state index contributed by atoms with van der Waals surface area (Å²) in [6, 6.07) is 6.86. The molecule has 1 fully saturated rings. The van der Waals surface area contributed by atoms with Gasteiger partial charge in [-0.15, -0.1) is 0 Å². The minimum atomic E-state index is -0.550. The molecule has 0 aliphatic carbocycles. The van der Waals surface area contributed by atoms with Crippen molar-refractivity contribution in [3.63, 3.8) is 0 Å². The highest BCUT2D eigenvalue weighted by molar-refractivity contribution is 9.10. The molecule has 8 heteroatoms. The van der Waals surface area contributed by atoms with Gasteiger partial charge >= 0.3 is 6.09 Å². The molecule has 5 nitrogen and oxygen atoms in total. The molecule has 27 heavy (non-hydrogen) atoms. The van der Waals surface area contributed by atoms with Gasteiger partial charge in [-0.1, -0.05) is 12.1 Å². The van der Waals surface area contributed by atoms with Crippen molar-refractivity contribution in [2.24, 2.45) is 0 Å². The van der Waals surface area contributed by atoms with E-state index >= 15 is 0 Å². The lowest BCUT2D eigenvalue weighted by molar-refractivity contribution is 0.161. The topological polar surface area (TPSA) is 50.8 Å². The van der Waals surface area contributed by atoms with Gasteiger partial charge < -0.3 is 19.7 Å². The number of hydrogen-bond acceptors (Lipinski definition) is 4. The molecule has 0 saturated carbocycles. The van der Waals surface area contributed by atoms with E-state index in [0.717, 1.165) is 6.42 Å². The summed E-state index contributed by atoms with van der Waals surface area (Å²) in [6.45, 7) is 0.661. The number of para-hydroxylation sites is 1. The quantitative estimate of drug-likeness (QED) is 0.687. The average Bonchev–Trinajstić information content (AvgIpc) is 2.79. The van der Waals surface area contributed by atoms with Gasteiger partial charge in [0.15, 0.2) is 17.3 Å². The van der Waals surface area contributed by atoms with E-state index in [1.54, 1.807) is 18.2 Å². The third-order valence-electron chi connectivity index (χ3n) is 4.96. The summed E-state index contributed by atoms with van der Waals surface area (Å²) in [5.74, 6) is -0.743. The van der Waals surface area contributed by atoms with Crippen molar-refractivity contribution in [1.82, 2.24) is 5.32 Å². The molecule has 2 heterocycles. The van der Waals surface area contributed by atoms with Gasteiger partial charge in [0, 0.05) is 18.2 Å². The Hall–Kier alpha value is -2.35. The SMILES string of the molecule is COC(=O)N[C@@H]1CCCN2c3cc(Br)c(F)cc3Oc3c(F)cccc3[C@@H]12. The third kappa shape index (κ3) is 3.12. The Morgan fingerprint density at radius 1 is 1.33 bits per heavy atom. The van der Waals surface area contributed by atoms with Crippen LogP contribution in [0.2, 0.25) is 0 Å². The van der Waals surface area contributed by atoms with Crippen molar-refractivity contribution in [2.75, 3.05) is 18.6 Å². The summed E-state index contributed by atoms with van der Waals surface area (Å²) in [5.41, 5.74) is 1.24. The van der Waals surface area contributed by atoms with Crippen molar-refractivity contribution in [3.05, 3.63) is 52.0 Å². The molecule has 2 aliphatic rings. The van der Waals surface area contributed by atoms with Crippen LogP contribution in [0.15, 0.2) is 34.8 Å². The van der Waals surface area contributed by atoms with E-state index in [9.17, 15) is 13.6 Å². The monoisotopic (exact) mass is 438 g/mol. The third-order valence-corrected chi connectivity index (χ3v) is 5.57. The number of alkyl carbamates (subject to hydrolysis) is 1. The van der Waals surface area contributed by atoms with Crippen molar-refractivity contribution in [1.29, 1.82) is 0 Å². The molecule has 0 radical (unpaired) electrons. The summed E-state index contributed by atoms with van der Waals surface area (Å²) in [5, 5.41) is 2.85. The standard InChI is InChI=1S/C19H17BrF2N2O3/c1-26-19(25)23-14-6-3-7-24-15-8-11(20)13(22)9-16(15)27-18-10(17(14)24)4-2-5-12(18)21/h2,4-5,8-9,14,17H,3,6-7H2,1H3,(H,23,25)/t14-,17+/m1/s1. The van der Waals surface area contributed by atoms with Gasteiger partial charge in [0.25, 0.3) is 0 Å². The number of piperidine rings is 1. The second-order valence-electron chi connectivity index (χ2n) is 6.52. The first kappa shape index (κ1) is 18.0. The lowest BCUT2D eigenvalue weighted by atomic mass is 9.89. The predicted octanol–water partition coefficient (Wildman–Crippen LogP) is 4.90. The first-order chi connectivity index (χ1) is 13.0. The molecule has 1 saturated heterocycles. The average molecular weight is 439 g/mol. The molecule has 0 aromatic heterocycles. The maximum absolute atomic E-state index is 14.6. The molecule has 4 rings (SSSR count). The van der Waals surface area contributed by atoms with Gasteiger partial charge in [-0.25, -0.2) is 13.6 Å². The highest BCUT2D eigenvalue weighted by Crippen LogP contribution is 2.49. The van der Waals surface area contributed by atoms with Crippen LogP contribution in [0.25, 0.3) is 0 Å². The molecule has 142 valence electrons. The van der Waals surface area contributed by atoms with Crippen LogP contribution < -0.4 is 15.0 Å². The first-order valence-corrected chi connectivity index (χ1v) is 9.35. The molecule has 0 bridgehead atoms. The van der Waals surface area contributed by atoms with Crippen molar-refractivity contribution >= 4 is 27.7 Å². The molecule has 0 unspecified atom stereocenters. The normalized spacial score (nSPS) is 20.5. The number of anilines is 1. The number of amides is 1. The maximum Gasteiger partial charge on any atom is 0.407 e. The number of halogens is 3. The Morgan fingerprint density at radius 3 is 2.93 bits per heavy atom. The summed E-state index contributed by atoms with van der Waals surface area (Å²) < 4.78 is 39.6.